The van der Waals surface area contributed by atoms with Crippen LogP contribution >= 0.6 is 0 Å². The van der Waals surface area contributed by atoms with Crippen LogP contribution in [0, 0.1) is 6.92 Å². The van der Waals surface area contributed by atoms with Crippen molar-refractivity contribution in [3.05, 3.63) is 41.9 Å². The number of benzene rings is 1. The molecule has 144 valence electrons. The van der Waals surface area contributed by atoms with E-state index in [1.165, 1.54) is 19.3 Å². The van der Waals surface area contributed by atoms with E-state index in [0.717, 1.165) is 12.8 Å². The van der Waals surface area contributed by atoms with Crippen molar-refractivity contribution in [1.82, 2.24) is 9.97 Å². The van der Waals surface area contributed by atoms with E-state index in [9.17, 15) is 4.79 Å². The molecule has 1 aromatic carbocycles. The Kier molecular flexibility index (Phi) is 6.27. The molecule has 2 aromatic rings. The maximum atomic E-state index is 12.8. The fourth-order valence-corrected chi connectivity index (χ4v) is 3.33. The molecule has 0 aliphatic heterocycles. The maximum absolute atomic E-state index is 12.8. The summed E-state index contributed by atoms with van der Waals surface area (Å²) in [7, 11) is 0. The van der Waals surface area contributed by atoms with Gasteiger partial charge in [0.15, 0.2) is 0 Å². The van der Waals surface area contributed by atoms with Crippen LogP contribution in [-0.4, -0.2) is 28.0 Å². The van der Waals surface area contributed by atoms with Gasteiger partial charge in [0, 0.05) is 12.1 Å². The molecule has 2 N–H and O–H groups in total. The van der Waals surface area contributed by atoms with Crippen LogP contribution in [0.5, 0.6) is 5.75 Å². The Bertz CT molecular complexity index is 786. The van der Waals surface area contributed by atoms with Gasteiger partial charge in [0.05, 0.1) is 11.8 Å². The Hall–Kier alpha value is -2.63. The van der Waals surface area contributed by atoms with Gasteiger partial charge in [-0.25, -0.2) is 9.97 Å². The zero-order valence-corrected chi connectivity index (χ0v) is 16.3. The lowest BCUT2D eigenvalue weighted by Gasteiger charge is -2.23. The molecule has 6 heteroatoms. The molecular formula is C21H28N4O2. The highest BCUT2D eigenvalue weighted by Gasteiger charge is 2.17. The summed E-state index contributed by atoms with van der Waals surface area (Å²) in [5.74, 6) is 1.66. The predicted octanol–water partition coefficient (Wildman–Crippen LogP) is 4.57. The van der Waals surface area contributed by atoms with Gasteiger partial charge in [0.25, 0.3) is 5.91 Å². The smallest absolute Gasteiger partial charge is 0.274 e. The van der Waals surface area contributed by atoms with Crippen LogP contribution in [0.2, 0.25) is 0 Å². The van der Waals surface area contributed by atoms with E-state index in [1.807, 2.05) is 38.1 Å². The number of rotatable bonds is 6. The number of aromatic nitrogens is 2. The minimum Gasteiger partial charge on any atom is -0.489 e. The quantitative estimate of drug-likeness (QED) is 0.781. The summed E-state index contributed by atoms with van der Waals surface area (Å²) in [6.45, 7) is 5.71. The average molecular weight is 368 g/mol. The van der Waals surface area contributed by atoms with Crippen LogP contribution in [0.3, 0.4) is 0 Å². The highest BCUT2D eigenvalue weighted by atomic mass is 16.5. The molecule has 1 fully saturated rings. The summed E-state index contributed by atoms with van der Waals surface area (Å²) in [6, 6.07) is 9.56. The molecule has 0 atom stereocenters. The average Bonchev–Trinajstić information content (AvgIpc) is 2.63. The van der Waals surface area contributed by atoms with Crippen LogP contribution in [-0.2, 0) is 0 Å². The summed E-state index contributed by atoms with van der Waals surface area (Å²) >= 11 is 0. The molecule has 3 rings (SSSR count). The second-order valence-electron chi connectivity index (χ2n) is 7.28. The Balaban J connectivity index is 1.75. The van der Waals surface area contributed by atoms with Crippen molar-refractivity contribution in [3.8, 4) is 5.75 Å². The van der Waals surface area contributed by atoms with Crippen LogP contribution < -0.4 is 15.4 Å². The number of ether oxygens (including phenoxy) is 1. The van der Waals surface area contributed by atoms with Gasteiger partial charge in [0.2, 0.25) is 0 Å². The number of nitrogens with zero attached hydrogens (tertiary/aromatic N) is 2. The van der Waals surface area contributed by atoms with Gasteiger partial charge in [-0.2, -0.15) is 0 Å². The summed E-state index contributed by atoms with van der Waals surface area (Å²) in [5.41, 5.74) is 0.981. The molecule has 1 aliphatic rings. The van der Waals surface area contributed by atoms with Crippen molar-refractivity contribution in [2.45, 2.75) is 65.0 Å². The monoisotopic (exact) mass is 368 g/mol. The van der Waals surface area contributed by atoms with Crippen molar-refractivity contribution >= 4 is 17.4 Å². The molecule has 27 heavy (non-hydrogen) atoms. The number of amides is 1. The molecule has 1 heterocycles. The fraction of sp³-hybridized carbons (Fsp3) is 0.476. The van der Waals surface area contributed by atoms with E-state index in [-0.39, 0.29) is 12.0 Å². The predicted molar refractivity (Wildman–Crippen MR) is 107 cm³/mol. The van der Waals surface area contributed by atoms with Crippen LogP contribution in [0.1, 0.15) is 62.3 Å². The van der Waals surface area contributed by atoms with Crippen molar-refractivity contribution < 1.29 is 9.53 Å². The number of para-hydroxylation sites is 2. The zero-order chi connectivity index (χ0) is 19.2. The molecule has 1 aliphatic carbocycles. The topological polar surface area (TPSA) is 76.1 Å². The first-order valence-electron chi connectivity index (χ1n) is 9.70. The number of nitrogens with one attached hydrogen (secondary N) is 2. The van der Waals surface area contributed by atoms with Gasteiger partial charge in [-0.05, 0) is 45.7 Å². The molecule has 1 amide bonds. The number of carbonyl (C=O) groups excluding carboxylic acids is 1. The third kappa shape index (κ3) is 5.42. The van der Waals surface area contributed by atoms with Gasteiger partial charge >= 0.3 is 0 Å². The maximum Gasteiger partial charge on any atom is 0.274 e. The first kappa shape index (κ1) is 19.1. The second-order valence-corrected chi connectivity index (χ2v) is 7.28. The largest absolute Gasteiger partial charge is 0.489 e. The van der Waals surface area contributed by atoms with Gasteiger partial charge in [-0.1, -0.05) is 31.4 Å². The minimum atomic E-state index is -0.271. The summed E-state index contributed by atoms with van der Waals surface area (Å²) in [4.78, 5) is 21.5. The minimum absolute atomic E-state index is 0.0237. The normalized spacial score (nSPS) is 14.8. The van der Waals surface area contributed by atoms with Crippen LogP contribution in [0.15, 0.2) is 30.3 Å². The highest BCUT2D eigenvalue weighted by molar-refractivity contribution is 6.04. The first-order chi connectivity index (χ1) is 13.0. The molecule has 0 spiro atoms. The Morgan fingerprint density at radius 1 is 1.15 bits per heavy atom. The lowest BCUT2D eigenvalue weighted by Crippen LogP contribution is -2.24. The summed E-state index contributed by atoms with van der Waals surface area (Å²) in [6.07, 6.45) is 6.08. The Morgan fingerprint density at radius 3 is 2.63 bits per heavy atom. The van der Waals surface area contributed by atoms with Crippen LogP contribution in [0.25, 0.3) is 0 Å². The fourth-order valence-electron chi connectivity index (χ4n) is 3.33. The van der Waals surface area contributed by atoms with Gasteiger partial charge in [-0.15, -0.1) is 0 Å². The van der Waals surface area contributed by atoms with Gasteiger partial charge < -0.3 is 15.4 Å². The first-order valence-corrected chi connectivity index (χ1v) is 9.70. The number of carbonyl (C=O) groups is 1. The lowest BCUT2D eigenvalue weighted by molar-refractivity contribution is 0.102. The molecule has 0 radical (unpaired) electrons. The van der Waals surface area contributed by atoms with E-state index in [0.29, 0.717) is 34.8 Å². The van der Waals surface area contributed by atoms with Gasteiger partial charge in [-0.3, -0.25) is 4.79 Å². The molecule has 1 saturated carbocycles. The van der Waals surface area contributed by atoms with Crippen molar-refractivity contribution in [3.63, 3.8) is 0 Å². The number of hydrogen-bond acceptors (Lipinski definition) is 5. The summed E-state index contributed by atoms with van der Waals surface area (Å²) in [5, 5.41) is 6.37. The van der Waals surface area contributed by atoms with Gasteiger partial charge in [0.1, 0.15) is 23.1 Å². The number of hydrogen-bond donors (Lipinski definition) is 2. The third-order valence-electron chi connectivity index (χ3n) is 4.53. The second kappa shape index (κ2) is 8.84. The standard InChI is InChI=1S/C21H28N4O2/c1-14(2)27-19-12-8-7-11-17(19)25-21(26)18-13-20(23-15(3)22-18)24-16-9-5-4-6-10-16/h7-8,11-14,16H,4-6,9-10H2,1-3H3,(H,25,26)(H,22,23,24). The molecule has 1 aromatic heterocycles. The molecule has 0 saturated heterocycles. The zero-order valence-electron chi connectivity index (χ0n) is 16.3. The van der Waals surface area contributed by atoms with Crippen molar-refractivity contribution in [2.75, 3.05) is 10.6 Å². The third-order valence-corrected chi connectivity index (χ3v) is 4.53. The van der Waals surface area contributed by atoms with E-state index < -0.39 is 0 Å². The molecular weight excluding hydrogens is 340 g/mol. The number of anilines is 2. The highest BCUT2D eigenvalue weighted by Crippen LogP contribution is 2.26. The van der Waals surface area contributed by atoms with E-state index in [1.54, 1.807) is 13.0 Å². The molecule has 0 unspecified atom stereocenters. The number of aryl methyl sites for hydroxylation is 1. The van der Waals surface area contributed by atoms with E-state index in [4.69, 9.17) is 4.74 Å². The van der Waals surface area contributed by atoms with Crippen molar-refractivity contribution in [2.24, 2.45) is 0 Å². The molecule has 0 bridgehead atoms. The molecule has 6 nitrogen and oxygen atoms in total. The lowest BCUT2D eigenvalue weighted by atomic mass is 9.95. The van der Waals surface area contributed by atoms with Crippen molar-refractivity contribution in [1.29, 1.82) is 0 Å². The van der Waals surface area contributed by atoms with E-state index >= 15 is 0 Å². The van der Waals surface area contributed by atoms with Crippen LogP contribution in [0.4, 0.5) is 11.5 Å². The van der Waals surface area contributed by atoms with E-state index in [2.05, 4.69) is 20.6 Å². The Morgan fingerprint density at radius 2 is 1.89 bits per heavy atom. The Labute approximate surface area is 160 Å². The SMILES string of the molecule is Cc1nc(NC2CCCCC2)cc(C(=O)Nc2ccccc2OC(C)C)n1. The summed E-state index contributed by atoms with van der Waals surface area (Å²) < 4.78 is 5.77.